The molecule has 1 aromatic heterocycles. The number of likely N-dealkylation sites (N-methyl/N-ethyl adjacent to an activating group) is 1. The van der Waals surface area contributed by atoms with Crippen molar-refractivity contribution in [1.29, 1.82) is 0 Å². The molecular formula is C19H36N6. The average molecular weight is 349 g/mol. The minimum absolute atomic E-state index is 0.695. The van der Waals surface area contributed by atoms with E-state index < -0.39 is 0 Å². The maximum atomic E-state index is 4.86. The first kappa shape index (κ1) is 19.8. The van der Waals surface area contributed by atoms with Gasteiger partial charge in [0.15, 0.2) is 5.96 Å². The molecule has 1 fully saturated rings. The monoisotopic (exact) mass is 348 g/mol. The summed E-state index contributed by atoms with van der Waals surface area (Å²) in [5.74, 6) is 1.78. The molecule has 6 nitrogen and oxygen atoms in total. The molecule has 1 aliphatic heterocycles. The third kappa shape index (κ3) is 6.69. The number of guanidine groups is 1. The van der Waals surface area contributed by atoms with Gasteiger partial charge < -0.3 is 15.1 Å². The summed E-state index contributed by atoms with van der Waals surface area (Å²) in [6.45, 7) is 10.6. The standard InChI is InChI=1S/C19H36N6/c1-5-7-10-23(3)12-9-21-19(20-6-2)25-11-8-17(16-25)13-18-14-22-24(4)15-18/h14-15,17H,5-13,16H2,1-4H3,(H,20,21). The zero-order chi connectivity index (χ0) is 18.1. The van der Waals surface area contributed by atoms with Gasteiger partial charge in [0.1, 0.15) is 0 Å². The number of nitrogens with one attached hydrogen (secondary N) is 1. The van der Waals surface area contributed by atoms with Crippen LogP contribution in [0, 0.1) is 5.92 Å². The Kier molecular flexibility index (Phi) is 8.25. The van der Waals surface area contributed by atoms with Crippen molar-refractivity contribution in [2.45, 2.75) is 39.5 Å². The van der Waals surface area contributed by atoms with Gasteiger partial charge in [-0.2, -0.15) is 5.10 Å². The molecule has 1 atom stereocenters. The molecule has 0 radical (unpaired) electrons. The zero-order valence-corrected chi connectivity index (χ0v) is 16.5. The zero-order valence-electron chi connectivity index (χ0n) is 16.5. The number of rotatable bonds is 9. The second-order valence-corrected chi connectivity index (χ2v) is 7.22. The molecule has 1 N–H and O–H groups in total. The number of aryl methyl sites for hydroxylation is 1. The molecule has 6 heteroatoms. The molecule has 1 aromatic rings. The molecule has 0 bridgehead atoms. The minimum atomic E-state index is 0.695. The van der Waals surface area contributed by atoms with Crippen molar-refractivity contribution >= 4 is 5.96 Å². The Labute approximate surface area is 153 Å². The molecule has 2 heterocycles. The lowest BCUT2D eigenvalue weighted by atomic mass is 10.0. The highest BCUT2D eigenvalue weighted by Gasteiger charge is 2.25. The summed E-state index contributed by atoms with van der Waals surface area (Å²) in [7, 11) is 4.18. The Morgan fingerprint density at radius 3 is 2.92 bits per heavy atom. The van der Waals surface area contributed by atoms with Crippen LogP contribution >= 0.6 is 0 Å². The van der Waals surface area contributed by atoms with Crippen LogP contribution in [0.25, 0.3) is 0 Å². The van der Waals surface area contributed by atoms with Gasteiger partial charge in [-0.25, -0.2) is 0 Å². The predicted octanol–water partition coefficient (Wildman–Crippen LogP) is 1.98. The summed E-state index contributed by atoms with van der Waals surface area (Å²) in [6.07, 6.45) is 8.99. The van der Waals surface area contributed by atoms with Crippen molar-refractivity contribution in [2.75, 3.05) is 46.3 Å². The van der Waals surface area contributed by atoms with Crippen LogP contribution in [0.1, 0.15) is 38.7 Å². The Bertz CT molecular complexity index is 524. The lowest BCUT2D eigenvalue weighted by Gasteiger charge is -2.22. The first-order valence-corrected chi connectivity index (χ1v) is 9.81. The Morgan fingerprint density at radius 2 is 2.24 bits per heavy atom. The van der Waals surface area contributed by atoms with Gasteiger partial charge in [-0.05, 0) is 51.3 Å². The van der Waals surface area contributed by atoms with Crippen molar-refractivity contribution < 1.29 is 0 Å². The van der Waals surface area contributed by atoms with Crippen LogP contribution < -0.4 is 5.32 Å². The van der Waals surface area contributed by atoms with Crippen LogP contribution in [0.2, 0.25) is 0 Å². The van der Waals surface area contributed by atoms with Gasteiger partial charge in [-0.1, -0.05) is 13.3 Å². The first-order chi connectivity index (χ1) is 12.1. The Hall–Kier alpha value is -1.56. The maximum Gasteiger partial charge on any atom is 0.193 e. The number of hydrogen-bond donors (Lipinski definition) is 1. The predicted molar refractivity (Wildman–Crippen MR) is 105 cm³/mol. The summed E-state index contributed by atoms with van der Waals surface area (Å²) in [5.41, 5.74) is 1.34. The molecule has 0 saturated carbocycles. The fraction of sp³-hybridized carbons (Fsp3) is 0.789. The van der Waals surface area contributed by atoms with Crippen molar-refractivity contribution in [1.82, 2.24) is 24.9 Å². The van der Waals surface area contributed by atoms with Crippen molar-refractivity contribution in [3.05, 3.63) is 18.0 Å². The van der Waals surface area contributed by atoms with E-state index in [0.717, 1.165) is 45.1 Å². The van der Waals surface area contributed by atoms with Gasteiger partial charge in [0, 0.05) is 39.4 Å². The third-order valence-electron chi connectivity index (χ3n) is 4.84. The molecule has 0 aromatic carbocycles. The molecular weight excluding hydrogens is 312 g/mol. The topological polar surface area (TPSA) is 48.7 Å². The second-order valence-electron chi connectivity index (χ2n) is 7.22. The van der Waals surface area contributed by atoms with Gasteiger partial charge in [0.2, 0.25) is 0 Å². The van der Waals surface area contributed by atoms with E-state index in [-0.39, 0.29) is 0 Å². The number of hydrogen-bond acceptors (Lipinski definition) is 3. The number of likely N-dealkylation sites (tertiary alicyclic amines) is 1. The first-order valence-electron chi connectivity index (χ1n) is 9.81. The highest BCUT2D eigenvalue weighted by atomic mass is 15.3. The van der Waals surface area contributed by atoms with E-state index in [4.69, 9.17) is 4.99 Å². The summed E-state index contributed by atoms with van der Waals surface area (Å²) < 4.78 is 1.89. The maximum absolute atomic E-state index is 4.86. The van der Waals surface area contributed by atoms with Crippen LogP contribution in [-0.2, 0) is 13.5 Å². The molecule has 2 rings (SSSR count). The largest absolute Gasteiger partial charge is 0.357 e. The average Bonchev–Trinajstić information content (AvgIpc) is 3.21. The summed E-state index contributed by atoms with van der Waals surface area (Å²) in [6, 6.07) is 0. The van der Waals surface area contributed by atoms with Gasteiger partial charge in [-0.15, -0.1) is 0 Å². The highest BCUT2D eigenvalue weighted by Crippen LogP contribution is 2.20. The van der Waals surface area contributed by atoms with Crippen molar-refractivity contribution in [3.8, 4) is 0 Å². The number of unbranched alkanes of at least 4 members (excludes halogenated alkanes) is 1. The molecule has 1 aliphatic rings. The van der Waals surface area contributed by atoms with E-state index in [9.17, 15) is 0 Å². The number of aliphatic imine (C=N–C) groups is 1. The van der Waals surface area contributed by atoms with Crippen LogP contribution in [-0.4, -0.2) is 71.9 Å². The molecule has 142 valence electrons. The smallest absolute Gasteiger partial charge is 0.193 e. The lowest BCUT2D eigenvalue weighted by Crippen LogP contribution is -2.40. The highest BCUT2D eigenvalue weighted by molar-refractivity contribution is 5.80. The van der Waals surface area contributed by atoms with Gasteiger partial charge in [-0.3, -0.25) is 9.67 Å². The van der Waals surface area contributed by atoms with Crippen LogP contribution in [0.15, 0.2) is 17.4 Å². The summed E-state index contributed by atoms with van der Waals surface area (Å²) >= 11 is 0. The summed E-state index contributed by atoms with van der Waals surface area (Å²) in [5, 5.41) is 7.75. The van der Waals surface area contributed by atoms with Crippen molar-refractivity contribution in [2.24, 2.45) is 18.0 Å². The van der Waals surface area contributed by atoms with E-state index in [2.05, 4.69) is 47.3 Å². The number of aromatic nitrogens is 2. The second kappa shape index (κ2) is 10.4. The van der Waals surface area contributed by atoms with Crippen LogP contribution in [0.5, 0.6) is 0 Å². The Balaban J connectivity index is 1.81. The van der Waals surface area contributed by atoms with Gasteiger partial charge in [0.25, 0.3) is 0 Å². The Morgan fingerprint density at radius 1 is 1.40 bits per heavy atom. The fourth-order valence-corrected chi connectivity index (χ4v) is 3.39. The van der Waals surface area contributed by atoms with E-state index in [1.165, 1.54) is 31.4 Å². The number of nitrogens with zero attached hydrogens (tertiary/aromatic N) is 5. The van der Waals surface area contributed by atoms with E-state index in [1.807, 2.05) is 17.9 Å². The van der Waals surface area contributed by atoms with E-state index >= 15 is 0 Å². The molecule has 0 amide bonds. The summed E-state index contributed by atoms with van der Waals surface area (Å²) in [4.78, 5) is 9.67. The van der Waals surface area contributed by atoms with Gasteiger partial charge >= 0.3 is 0 Å². The molecule has 25 heavy (non-hydrogen) atoms. The van der Waals surface area contributed by atoms with E-state index in [0.29, 0.717) is 5.92 Å². The van der Waals surface area contributed by atoms with Crippen molar-refractivity contribution in [3.63, 3.8) is 0 Å². The fourth-order valence-electron chi connectivity index (χ4n) is 3.39. The quantitative estimate of drug-likeness (QED) is 0.548. The lowest BCUT2D eigenvalue weighted by molar-refractivity contribution is 0.336. The normalized spacial score (nSPS) is 18.4. The third-order valence-corrected chi connectivity index (χ3v) is 4.84. The van der Waals surface area contributed by atoms with Crippen LogP contribution in [0.4, 0.5) is 0 Å². The SMILES string of the molecule is CCCCN(C)CCN=C(NCC)N1CCC(Cc2cnn(C)c2)C1. The molecule has 1 unspecified atom stereocenters. The van der Waals surface area contributed by atoms with Crippen LogP contribution in [0.3, 0.4) is 0 Å². The van der Waals surface area contributed by atoms with E-state index in [1.54, 1.807) is 0 Å². The molecule has 0 aliphatic carbocycles. The van der Waals surface area contributed by atoms with Gasteiger partial charge in [0.05, 0.1) is 12.7 Å². The minimum Gasteiger partial charge on any atom is -0.357 e. The molecule has 1 saturated heterocycles. The molecule has 0 spiro atoms.